The van der Waals surface area contributed by atoms with Crippen molar-refractivity contribution in [2.24, 2.45) is 0 Å². The summed E-state index contributed by atoms with van der Waals surface area (Å²) in [7, 11) is 0. The molecule has 0 amide bonds. The molecule has 4 nitrogen and oxygen atoms in total. The second-order valence-corrected chi connectivity index (χ2v) is 5.70. The van der Waals surface area contributed by atoms with Gasteiger partial charge in [-0.3, -0.25) is 0 Å². The Morgan fingerprint density at radius 1 is 1.24 bits per heavy atom. The number of aromatic nitrogens is 1. The predicted molar refractivity (Wildman–Crippen MR) is 99.1 cm³/mol. The van der Waals surface area contributed by atoms with Crippen LogP contribution in [0.5, 0.6) is 5.75 Å². The maximum absolute atomic E-state index is 14.0. The quantitative estimate of drug-likeness (QED) is 0.730. The minimum absolute atomic E-state index is 0.00540. The molecule has 0 spiro atoms. The van der Waals surface area contributed by atoms with E-state index in [1.54, 1.807) is 13.1 Å². The molecule has 1 aromatic heterocycles. The van der Waals surface area contributed by atoms with Crippen LogP contribution < -0.4 is 15.4 Å². The fourth-order valence-electron chi connectivity index (χ4n) is 2.36. The monoisotopic (exact) mass is 365 g/mol. The van der Waals surface area contributed by atoms with Crippen LogP contribution in [0.2, 0.25) is 0 Å². The highest BCUT2D eigenvalue weighted by molar-refractivity contribution is 7.80. The molecular weight excluding hydrogens is 344 g/mol. The fraction of sp³-hybridized carbons (Fsp3) is 0.333. The van der Waals surface area contributed by atoms with Crippen molar-refractivity contribution in [3.8, 4) is 5.75 Å². The summed E-state index contributed by atoms with van der Waals surface area (Å²) in [6.07, 6.45) is 2.66. The lowest BCUT2D eigenvalue weighted by Crippen LogP contribution is -2.31. The van der Waals surface area contributed by atoms with Gasteiger partial charge >= 0.3 is 0 Å². The van der Waals surface area contributed by atoms with E-state index in [1.165, 1.54) is 12.1 Å². The normalized spacial score (nSPS) is 10.4. The molecule has 134 valence electrons. The number of anilines is 1. The number of thiocarbonyl (C=S) groups is 1. The Balaban J connectivity index is 1.91. The SMILES string of the molecule is CCOc1cc(F)c(CCNC(=S)Nc2ncccc2CC)c(F)c1. The van der Waals surface area contributed by atoms with Gasteiger partial charge in [0.25, 0.3) is 0 Å². The number of ether oxygens (including phenoxy) is 1. The van der Waals surface area contributed by atoms with Gasteiger partial charge in [0.15, 0.2) is 5.11 Å². The zero-order chi connectivity index (χ0) is 18.2. The lowest BCUT2D eigenvalue weighted by Gasteiger charge is -2.13. The molecule has 0 aliphatic rings. The largest absolute Gasteiger partial charge is 0.494 e. The van der Waals surface area contributed by atoms with Crippen LogP contribution in [0.4, 0.5) is 14.6 Å². The standard InChI is InChI=1S/C18H21F2N3OS/c1-3-12-6-5-8-21-17(12)23-18(25)22-9-7-14-15(19)10-13(24-4-2)11-16(14)20/h5-6,8,10-11H,3-4,7,9H2,1-2H3,(H2,21,22,23,25). The Morgan fingerprint density at radius 3 is 2.60 bits per heavy atom. The van der Waals surface area contributed by atoms with E-state index < -0.39 is 11.6 Å². The van der Waals surface area contributed by atoms with Crippen LogP contribution >= 0.6 is 12.2 Å². The van der Waals surface area contributed by atoms with E-state index in [9.17, 15) is 8.78 Å². The van der Waals surface area contributed by atoms with Crippen LogP contribution in [0.3, 0.4) is 0 Å². The molecule has 1 aromatic carbocycles. The minimum atomic E-state index is -0.623. The summed E-state index contributed by atoms with van der Waals surface area (Å²) >= 11 is 5.21. The van der Waals surface area contributed by atoms with Crippen molar-refractivity contribution in [1.82, 2.24) is 10.3 Å². The van der Waals surface area contributed by atoms with Crippen molar-refractivity contribution in [1.29, 1.82) is 0 Å². The molecule has 2 rings (SSSR count). The first-order chi connectivity index (χ1) is 12.0. The van der Waals surface area contributed by atoms with Gasteiger partial charge in [-0.05, 0) is 43.6 Å². The zero-order valence-electron chi connectivity index (χ0n) is 14.2. The molecule has 0 unspecified atom stereocenters. The number of rotatable bonds is 7. The van der Waals surface area contributed by atoms with E-state index in [4.69, 9.17) is 17.0 Å². The zero-order valence-corrected chi connectivity index (χ0v) is 15.1. The molecule has 0 saturated heterocycles. The minimum Gasteiger partial charge on any atom is -0.494 e. The summed E-state index contributed by atoms with van der Waals surface area (Å²) in [6, 6.07) is 6.21. The summed E-state index contributed by atoms with van der Waals surface area (Å²) in [4.78, 5) is 4.24. The third kappa shape index (κ3) is 5.35. The molecule has 0 atom stereocenters. The summed E-state index contributed by atoms with van der Waals surface area (Å²) in [6.45, 7) is 4.43. The number of benzene rings is 1. The van der Waals surface area contributed by atoms with Gasteiger partial charge in [0.05, 0.1) is 6.61 Å². The summed E-state index contributed by atoms with van der Waals surface area (Å²) in [5.74, 6) is -0.376. The second kappa shape index (κ2) is 9.27. The van der Waals surface area contributed by atoms with Crippen molar-refractivity contribution >= 4 is 23.1 Å². The van der Waals surface area contributed by atoms with Crippen molar-refractivity contribution in [3.63, 3.8) is 0 Å². The lowest BCUT2D eigenvalue weighted by molar-refractivity contribution is 0.335. The Kier molecular flexibility index (Phi) is 7.06. The Bertz CT molecular complexity index is 717. The molecule has 0 bridgehead atoms. The van der Waals surface area contributed by atoms with Crippen LogP contribution in [0, 0.1) is 11.6 Å². The van der Waals surface area contributed by atoms with Gasteiger partial charge in [-0.1, -0.05) is 13.0 Å². The van der Waals surface area contributed by atoms with Crippen LogP contribution in [0.25, 0.3) is 0 Å². The molecular formula is C18H21F2N3OS. The van der Waals surface area contributed by atoms with Crippen LogP contribution in [-0.4, -0.2) is 23.2 Å². The number of hydrogen-bond acceptors (Lipinski definition) is 3. The molecule has 0 aliphatic carbocycles. The topological polar surface area (TPSA) is 46.2 Å². The lowest BCUT2D eigenvalue weighted by atomic mass is 10.1. The predicted octanol–water partition coefficient (Wildman–Crippen LogP) is 3.85. The van der Waals surface area contributed by atoms with Crippen LogP contribution in [0.1, 0.15) is 25.0 Å². The van der Waals surface area contributed by atoms with Gasteiger partial charge in [-0.2, -0.15) is 0 Å². The van der Waals surface area contributed by atoms with E-state index in [0.29, 0.717) is 24.1 Å². The van der Waals surface area contributed by atoms with Crippen LogP contribution in [0.15, 0.2) is 30.5 Å². The second-order valence-electron chi connectivity index (χ2n) is 5.29. The maximum atomic E-state index is 14.0. The summed E-state index contributed by atoms with van der Waals surface area (Å²) < 4.78 is 33.1. The van der Waals surface area contributed by atoms with E-state index >= 15 is 0 Å². The van der Waals surface area contributed by atoms with Gasteiger partial charge < -0.3 is 15.4 Å². The first-order valence-electron chi connectivity index (χ1n) is 8.14. The molecule has 1 heterocycles. The molecule has 0 saturated carbocycles. The van der Waals surface area contributed by atoms with Crippen LogP contribution in [-0.2, 0) is 12.8 Å². The van der Waals surface area contributed by atoms with Crippen molar-refractivity contribution in [2.75, 3.05) is 18.5 Å². The van der Waals surface area contributed by atoms with Gasteiger partial charge in [-0.15, -0.1) is 0 Å². The van der Waals surface area contributed by atoms with Crippen molar-refractivity contribution in [2.45, 2.75) is 26.7 Å². The molecule has 0 fully saturated rings. The number of nitrogens with zero attached hydrogens (tertiary/aromatic N) is 1. The highest BCUT2D eigenvalue weighted by Crippen LogP contribution is 2.21. The molecule has 7 heteroatoms. The van der Waals surface area contributed by atoms with Crippen molar-refractivity contribution < 1.29 is 13.5 Å². The number of nitrogens with one attached hydrogen (secondary N) is 2. The molecule has 2 N–H and O–H groups in total. The average Bonchev–Trinajstić information content (AvgIpc) is 2.58. The Morgan fingerprint density at radius 2 is 1.96 bits per heavy atom. The first kappa shape index (κ1) is 19.1. The highest BCUT2D eigenvalue weighted by Gasteiger charge is 2.12. The molecule has 0 aliphatic heterocycles. The Labute approximate surface area is 151 Å². The Hall–Kier alpha value is -2.28. The fourth-order valence-corrected chi connectivity index (χ4v) is 2.56. The maximum Gasteiger partial charge on any atom is 0.171 e. The average molecular weight is 365 g/mol. The van der Waals surface area contributed by atoms with E-state index in [-0.39, 0.29) is 17.7 Å². The van der Waals surface area contributed by atoms with Crippen molar-refractivity contribution in [3.05, 3.63) is 53.2 Å². The molecule has 25 heavy (non-hydrogen) atoms. The third-order valence-corrected chi connectivity index (χ3v) is 3.84. The van der Waals surface area contributed by atoms with Gasteiger partial charge in [-0.25, -0.2) is 13.8 Å². The summed E-state index contributed by atoms with van der Waals surface area (Å²) in [5.41, 5.74) is 1.04. The molecule has 2 aromatic rings. The van der Waals surface area contributed by atoms with Gasteiger partial charge in [0.2, 0.25) is 0 Å². The van der Waals surface area contributed by atoms with E-state index in [0.717, 1.165) is 12.0 Å². The highest BCUT2D eigenvalue weighted by atomic mass is 32.1. The third-order valence-electron chi connectivity index (χ3n) is 3.59. The van der Waals surface area contributed by atoms with Gasteiger partial charge in [0, 0.05) is 30.4 Å². The number of hydrogen-bond donors (Lipinski definition) is 2. The first-order valence-corrected chi connectivity index (χ1v) is 8.55. The number of pyridine rings is 1. The number of aryl methyl sites for hydroxylation is 1. The smallest absolute Gasteiger partial charge is 0.171 e. The molecule has 0 radical (unpaired) electrons. The van der Waals surface area contributed by atoms with E-state index in [1.807, 2.05) is 19.1 Å². The summed E-state index contributed by atoms with van der Waals surface area (Å²) in [5, 5.41) is 6.31. The van der Waals surface area contributed by atoms with Gasteiger partial charge in [0.1, 0.15) is 23.2 Å². The van der Waals surface area contributed by atoms with E-state index in [2.05, 4.69) is 15.6 Å². The number of halogens is 2.